The van der Waals surface area contributed by atoms with Crippen LogP contribution in [0, 0.1) is 0 Å². The van der Waals surface area contributed by atoms with Crippen LogP contribution in [-0.4, -0.2) is 31.6 Å². The standard InChI is InChI=1S/C11H12BrNO3/c1-15-11(2-3-16-7-11)9-4-8(6-14)5-10(12)13-9/h4-6H,2-3,7H2,1H3. The Hall–Kier alpha value is -0.780. The molecule has 1 saturated heterocycles. The molecule has 1 fully saturated rings. The van der Waals surface area contributed by atoms with Gasteiger partial charge < -0.3 is 9.47 Å². The van der Waals surface area contributed by atoms with Crippen molar-refractivity contribution in [2.24, 2.45) is 0 Å². The summed E-state index contributed by atoms with van der Waals surface area (Å²) in [5.41, 5.74) is 0.811. The van der Waals surface area contributed by atoms with Crippen LogP contribution >= 0.6 is 15.9 Å². The maximum atomic E-state index is 10.8. The number of carbonyl (C=O) groups excluding carboxylic acids is 1. The Labute approximate surface area is 102 Å². The Bertz CT molecular complexity index is 402. The van der Waals surface area contributed by atoms with E-state index < -0.39 is 5.60 Å². The van der Waals surface area contributed by atoms with E-state index in [1.54, 1.807) is 19.2 Å². The van der Waals surface area contributed by atoms with Crippen molar-refractivity contribution in [1.82, 2.24) is 4.98 Å². The second kappa shape index (κ2) is 4.61. The average Bonchev–Trinajstić information content (AvgIpc) is 2.78. The van der Waals surface area contributed by atoms with E-state index in [4.69, 9.17) is 9.47 Å². The van der Waals surface area contributed by atoms with Crippen molar-refractivity contribution in [3.63, 3.8) is 0 Å². The van der Waals surface area contributed by atoms with Gasteiger partial charge in [-0.15, -0.1) is 0 Å². The van der Waals surface area contributed by atoms with Crippen molar-refractivity contribution in [2.75, 3.05) is 20.3 Å². The lowest BCUT2D eigenvalue weighted by Crippen LogP contribution is -2.30. The van der Waals surface area contributed by atoms with E-state index in [0.717, 1.165) is 18.4 Å². The van der Waals surface area contributed by atoms with Gasteiger partial charge >= 0.3 is 0 Å². The van der Waals surface area contributed by atoms with Gasteiger partial charge in [0.1, 0.15) is 16.5 Å². The van der Waals surface area contributed by atoms with Crippen molar-refractivity contribution in [1.29, 1.82) is 0 Å². The summed E-state index contributed by atoms with van der Waals surface area (Å²) in [5.74, 6) is 0. The van der Waals surface area contributed by atoms with E-state index in [1.165, 1.54) is 0 Å². The van der Waals surface area contributed by atoms with E-state index in [9.17, 15) is 4.79 Å². The lowest BCUT2D eigenvalue weighted by molar-refractivity contribution is -0.0247. The van der Waals surface area contributed by atoms with E-state index >= 15 is 0 Å². The molecule has 0 N–H and O–H groups in total. The predicted octanol–water partition coefficient (Wildman–Crippen LogP) is 1.92. The van der Waals surface area contributed by atoms with Crippen LogP contribution < -0.4 is 0 Å². The van der Waals surface area contributed by atoms with Gasteiger partial charge in [-0.05, 0) is 28.1 Å². The molecule has 1 aromatic rings. The van der Waals surface area contributed by atoms with Crippen molar-refractivity contribution in [3.8, 4) is 0 Å². The molecule has 0 aromatic carbocycles. The molecule has 0 radical (unpaired) electrons. The fourth-order valence-electron chi connectivity index (χ4n) is 1.83. The third-order valence-corrected chi connectivity index (χ3v) is 3.20. The first kappa shape index (κ1) is 11.7. The summed E-state index contributed by atoms with van der Waals surface area (Å²) >= 11 is 3.29. The van der Waals surface area contributed by atoms with Gasteiger partial charge in [0.25, 0.3) is 0 Å². The number of ether oxygens (including phenoxy) is 2. The van der Waals surface area contributed by atoms with Gasteiger partial charge in [-0.25, -0.2) is 4.98 Å². The average molecular weight is 286 g/mol. The van der Waals surface area contributed by atoms with Gasteiger partial charge in [-0.3, -0.25) is 4.79 Å². The second-order valence-corrected chi connectivity index (χ2v) is 4.54. The van der Waals surface area contributed by atoms with E-state index in [-0.39, 0.29) is 0 Å². The zero-order valence-electron chi connectivity index (χ0n) is 8.90. The minimum atomic E-state index is -0.512. The SMILES string of the molecule is COC1(c2cc(C=O)cc(Br)n2)CCOC1. The first-order valence-electron chi connectivity index (χ1n) is 4.96. The van der Waals surface area contributed by atoms with Crippen molar-refractivity contribution in [3.05, 3.63) is 28.0 Å². The van der Waals surface area contributed by atoms with Crippen LogP contribution in [0.15, 0.2) is 16.7 Å². The molecule has 5 heteroatoms. The number of nitrogens with zero attached hydrogens (tertiary/aromatic N) is 1. The highest BCUT2D eigenvalue weighted by Gasteiger charge is 2.38. The molecule has 0 aliphatic carbocycles. The Morgan fingerprint density at radius 1 is 1.62 bits per heavy atom. The molecular weight excluding hydrogens is 274 g/mol. The Morgan fingerprint density at radius 3 is 3.00 bits per heavy atom. The highest BCUT2D eigenvalue weighted by Crippen LogP contribution is 2.33. The molecule has 1 aliphatic rings. The number of aldehydes is 1. The first-order valence-corrected chi connectivity index (χ1v) is 5.76. The number of rotatable bonds is 3. The molecule has 1 unspecified atom stereocenters. The number of carbonyl (C=O) groups is 1. The minimum absolute atomic E-state index is 0.477. The number of pyridine rings is 1. The lowest BCUT2D eigenvalue weighted by atomic mass is 9.97. The normalized spacial score (nSPS) is 24.6. The Balaban J connectivity index is 2.45. The van der Waals surface area contributed by atoms with Crippen LogP contribution in [0.2, 0.25) is 0 Å². The van der Waals surface area contributed by atoms with Gasteiger partial charge in [0.15, 0.2) is 0 Å². The molecule has 86 valence electrons. The molecule has 0 bridgehead atoms. The summed E-state index contributed by atoms with van der Waals surface area (Å²) in [6.07, 6.45) is 1.56. The molecule has 2 rings (SSSR count). The molecule has 0 spiro atoms. The maximum absolute atomic E-state index is 10.8. The number of halogens is 1. The molecule has 1 atom stereocenters. The molecule has 1 aromatic heterocycles. The minimum Gasteiger partial charge on any atom is -0.378 e. The molecule has 0 saturated carbocycles. The van der Waals surface area contributed by atoms with Crippen LogP contribution in [0.1, 0.15) is 22.5 Å². The molecule has 16 heavy (non-hydrogen) atoms. The number of aromatic nitrogens is 1. The third kappa shape index (κ3) is 2.03. The summed E-state index contributed by atoms with van der Waals surface area (Å²) in [6, 6.07) is 3.42. The van der Waals surface area contributed by atoms with Crippen molar-refractivity contribution >= 4 is 22.2 Å². The van der Waals surface area contributed by atoms with Crippen LogP contribution in [0.3, 0.4) is 0 Å². The third-order valence-electron chi connectivity index (χ3n) is 2.80. The maximum Gasteiger partial charge on any atom is 0.150 e. The molecule has 4 nitrogen and oxygen atoms in total. The van der Waals surface area contributed by atoms with Crippen molar-refractivity contribution < 1.29 is 14.3 Å². The smallest absolute Gasteiger partial charge is 0.150 e. The van der Waals surface area contributed by atoms with E-state index in [0.29, 0.717) is 23.4 Å². The highest BCUT2D eigenvalue weighted by atomic mass is 79.9. The summed E-state index contributed by atoms with van der Waals surface area (Å²) in [4.78, 5) is 15.2. The lowest BCUT2D eigenvalue weighted by Gasteiger charge is -2.25. The Morgan fingerprint density at radius 2 is 2.44 bits per heavy atom. The van der Waals surface area contributed by atoms with E-state index in [2.05, 4.69) is 20.9 Å². The zero-order valence-corrected chi connectivity index (χ0v) is 10.5. The summed E-state index contributed by atoms with van der Waals surface area (Å²) in [5, 5.41) is 0. The number of hydrogen-bond acceptors (Lipinski definition) is 4. The van der Waals surface area contributed by atoms with Crippen molar-refractivity contribution in [2.45, 2.75) is 12.0 Å². The van der Waals surface area contributed by atoms with Gasteiger partial charge in [0.05, 0.1) is 12.3 Å². The largest absolute Gasteiger partial charge is 0.378 e. The fourth-order valence-corrected chi connectivity index (χ4v) is 2.29. The van der Waals surface area contributed by atoms with Gasteiger partial charge in [-0.1, -0.05) is 0 Å². The summed E-state index contributed by atoms with van der Waals surface area (Å²) < 4.78 is 11.5. The van der Waals surface area contributed by atoms with E-state index in [1.807, 2.05) is 0 Å². The second-order valence-electron chi connectivity index (χ2n) is 3.73. The summed E-state index contributed by atoms with van der Waals surface area (Å²) in [6.45, 7) is 1.13. The van der Waals surface area contributed by atoms with Crippen LogP contribution in [0.4, 0.5) is 0 Å². The molecular formula is C11H12BrNO3. The molecule has 2 heterocycles. The highest BCUT2D eigenvalue weighted by molar-refractivity contribution is 9.10. The van der Waals surface area contributed by atoms with Gasteiger partial charge in [-0.2, -0.15) is 0 Å². The zero-order chi connectivity index (χ0) is 11.6. The predicted molar refractivity (Wildman–Crippen MR) is 61.4 cm³/mol. The fraction of sp³-hybridized carbons (Fsp3) is 0.455. The number of methoxy groups -OCH3 is 1. The summed E-state index contributed by atoms with van der Waals surface area (Å²) in [7, 11) is 1.64. The first-order chi connectivity index (χ1) is 7.70. The van der Waals surface area contributed by atoms with Gasteiger partial charge in [0, 0.05) is 25.7 Å². The monoisotopic (exact) mass is 285 g/mol. The topological polar surface area (TPSA) is 48.4 Å². The van der Waals surface area contributed by atoms with Gasteiger partial charge in [0.2, 0.25) is 0 Å². The Kier molecular flexibility index (Phi) is 3.37. The molecule has 0 amide bonds. The quantitative estimate of drug-likeness (QED) is 0.629. The van der Waals surface area contributed by atoms with Crippen LogP contribution in [0.5, 0.6) is 0 Å². The molecule has 1 aliphatic heterocycles. The number of hydrogen-bond donors (Lipinski definition) is 0. The van der Waals surface area contributed by atoms with Crippen LogP contribution in [0.25, 0.3) is 0 Å². The van der Waals surface area contributed by atoms with Crippen LogP contribution in [-0.2, 0) is 15.1 Å².